The molecule has 0 fully saturated rings. The maximum Gasteiger partial charge on any atom is 0.256 e. The lowest BCUT2D eigenvalue weighted by atomic mass is 9.32. The van der Waals surface area contributed by atoms with Crippen LogP contribution >= 0.6 is 0 Å². The molecule has 6 aliphatic rings. The molecule has 0 spiro atoms. The topological polar surface area (TPSA) is 19.6 Å². The maximum atomic E-state index is 7.76. The van der Waals surface area contributed by atoms with Gasteiger partial charge in [0.2, 0.25) is 0 Å². The zero-order valence-corrected chi connectivity index (χ0v) is 44.2. The molecule has 4 aromatic carbocycles. The van der Waals surface area contributed by atoms with Crippen LogP contribution in [0.3, 0.4) is 0 Å². The molecular weight excluding hydrogens is 800 g/mol. The van der Waals surface area contributed by atoms with Crippen molar-refractivity contribution in [3.8, 4) is 0 Å². The molecule has 0 unspecified atom stereocenters. The van der Waals surface area contributed by atoms with Crippen molar-refractivity contribution in [3.63, 3.8) is 0 Å². The molecular formula is C62H79BN2O. The summed E-state index contributed by atoms with van der Waals surface area (Å²) in [5.41, 5.74) is 24.2. The Morgan fingerprint density at radius 2 is 0.848 bits per heavy atom. The van der Waals surface area contributed by atoms with Crippen molar-refractivity contribution in [2.45, 2.75) is 219 Å². The van der Waals surface area contributed by atoms with Gasteiger partial charge in [-0.2, -0.15) is 0 Å². The van der Waals surface area contributed by atoms with Crippen LogP contribution in [0.1, 0.15) is 218 Å². The third-order valence-electron chi connectivity index (χ3n) is 19.2. The molecule has 1 aromatic heterocycles. The summed E-state index contributed by atoms with van der Waals surface area (Å²) in [6.07, 6.45) is 9.38. The molecule has 0 saturated carbocycles. The Bertz CT molecular complexity index is 2920. The second-order valence-corrected chi connectivity index (χ2v) is 27.8. The van der Waals surface area contributed by atoms with E-state index in [0.717, 1.165) is 18.7 Å². The van der Waals surface area contributed by atoms with Crippen molar-refractivity contribution in [2.75, 3.05) is 9.80 Å². The number of furan rings is 1. The van der Waals surface area contributed by atoms with E-state index in [-0.39, 0.29) is 50.0 Å². The van der Waals surface area contributed by atoms with E-state index in [1.165, 1.54) is 139 Å². The summed E-state index contributed by atoms with van der Waals surface area (Å²) in [7, 11) is 0. The third-order valence-corrected chi connectivity index (χ3v) is 19.2. The van der Waals surface area contributed by atoms with E-state index in [1.54, 1.807) is 0 Å². The van der Waals surface area contributed by atoms with Gasteiger partial charge in [-0.25, -0.2) is 0 Å². The molecule has 5 aromatic rings. The first-order valence-electron chi connectivity index (χ1n) is 25.9. The summed E-state index contributed by atoms with van der Waals surface area (Å²) in [6.45, 7) is 44.4. The van der Waals surface area contributed by atoms with Crippen molar-refractivity contribution in [1.82, 2.24) is 0 Å². The van der Waals surface area contributed by atoms with Crippen LogP contribution in [0.5, 0.6) is 0 Å². The van der Waals surface area contributed by atoms with Crippen molar-refractivity contribution in [1.29, 1.82) is 0 Å². The maximum absolute atomic E-state index is 7.76. The quantitative estimate of drug-likeness (QED) is 0.161. The van der Waals surface area contributed by atoms with Gasteiger partial charge in [-0.15, -0.1) is 0 Å². The molecule has 0 radical (unpaired) electrons. The molecule has 346 valence electrons. The summed E-state index contributed by atoms with van der Waals surface area (Å²) < 4.78 is 7.76. The largest absolute Gasteiger partial charge is 0.444 e. The molecule has 0 saturated heterocycles. The summed E-state index contributed by atoms with van der Waals surface area (Å²) >= 11 is 0. The highest BCUT2D eigenvalue weighted by molar-refractivity contribution is 7.00. The number of rotatable bonds is 2. The van der Waals surface area contributed by atoms with Crippen LogP contribution in [0.4, 0.5) is 34.3 Å². The van der Waals surface area contributed by atoms with E-state index in [0.29, 0.717) is 0 Å². The molecule has 4 aliphatic carbocycles. The highest BCUT2D eigenvalue weighted by atomic mass is 16.4. The highest BCUT2D eigenvalue weighted by Gasteiger charge is 2.54. The highest BCUT2D eigenvalue weighted by Crippen LogP contribution is 2.57. The Morgan fingerprint density at radius 1 is 0.409 bits per heavy atom. The monoisotopic (exact) mass is 879 g/mol. The molecule has 3 nitrogen and oxygen atoms in total. The fourth-order valence-corrected chi connectivity index (χ4v) is 14.2. The molecule has 66 heavy (non-hydrogen) atoms. The standard InChI is InChI=1S/C62H79BN2O/c1-36-29-48-51-49(30-36)65(46-34-43-40(31-37(46)2)56(5,6)23-25-59(43,11)12)54-52(50-53(66-54)62(17,18)28-27-61(50,15)16)63(51)45-33-42-44(60(13,14)26-24-58(42,9)10)35-47(45)64(48)38-19-20-39-41(32-38)57(7,8)22-21-55(39,3)4/h19-20,29-35H,21-28H2,1-18H3. The normalized spacial score (nSPS) is 23.4. The van der Waals surface area contributed by atoms with E-state index in [4.69, 9.17) is 4.42 Å². The van der Waals surface area contributed by atoms with Crippen LogP contribution in [-0.2, 0) is 43.3 Å². The lowest BCUT2D eigenvalue weighted by Gasteiger charge is -2.48. The van der Waals surface area contributed by atoms with E-state index >= 15 is 0 Å². The number of nitrogens with zero attached hydrogens (tertiary/aromatic N) is 2. The fraction of sp³-hybridized carbons (Fsp3) is 0.548. The lowest BCUT2D eigenvalue weighted by Crippen LogP contribution is -2.63. The van der Waals surface area contributed by atoms with E-state index in [2.05, 4.69) is 189 Å². The van der Waals surface area contributed by atoms with Crippen molar-refractivity contribution in [2.24, 2.45) is 0 Å². The minimum atomic E-state index is -0.0924. The van der Waals surface area contributed by atoms with E-state index in [9.17, 15) is 0 Å². The van der Waals surface area contributed by atoms with Gasteiger partial charge < -0.3 is 9.32 Å². The number of benzene rings is 4. The van der Waals surface area contributed by atoms with Crippen LogP contribution in [0, 0.1) is 13.8 Å². The number of anilines is 6. The minimum absolute atomic E-state index is 0.0150. The number of fused-ring (bicyclic) bond motifs is 9. The second kappa shape index (κ2) is 13.3. The average molecular weight is 879 g/mol. The van der Waals surface area contributed by atoms with Gasteiger partial charge in [0.05, 0.1) is 5.69 Å². The number of hydrogen-bond acceptors (Lipinski definition) is 3. The Kier molecular flexibility index (Phi) is 8.95. The van der Waals surface area contributed by atoms with Crippen LogP contribution in [0.2, 0.25) is 0 Å². The zero-order chi connectivity index (χ0) is 47.4. The molecule has 2 aliphatic heterocycles. The van der Waals surface area contributed by atoms with Crippen molar-refractivity contribution >= 4 is 57.4 Å². The van der Waals surface area contributed by atoms with Crippen LogP contribution < -0.4 is 26.2 Å². The van der Waals surface area contributed by atoms with Gasteiger partial charge in [0.1, 0.15) is 5.76 Å². The lowest BCUT2D eigenvalue weighted by molar-refractivity contribution is 0.280. The molecule has 11 rings (SSSR count). The van der Waals surface area contributed by atoms with Gasteiger partial charge in [-0.1, -0.05) is 129 Å². The Labute approximate surface area is 399 Å². The van der Waals surface area contributed by atoms with E-state index < -0.39 is 0 Å². The smallest absolute Gasteiger partial charge is 0.256 e. The van der Waals surface area contributed by atoms with Crippen LogP contribution in [0.25, 0.3) is 0 Å². The van der Waals surface area contributed by atoms with Gasteiger partial charge in [0.25, 0.3) is 6.71 Å². The predicted octanol–water partition coefficient (Wildman–Crippen LogP) is 15.4. The van der Waals surface area contributed by atoms with Gasteiger partial charge in [0.15, 0.2) is 5.88 Å². The average Bonchev–Trinajstić information content (AvgIpc) is 3.65. The Morgan fingerprint density at radius 3 is 1.41 bits per heavy atom. The SMILES string of the molecule is Cc1cc2c3c(c1)N(c1cc4c(cc1C)C(C)(C)CCC4(C)C)c1oc4c(c1B3c1cc3c(cc1N2c1ccc2c(c1)C(C)(C)CCC2(C)C)C(C)(C)CCC3(C)C)C(C)(C)CCC4(C)C. The minimum Gasteiger partial charge on any atom is -0.444 e. The Balaban J connectivity index is 1.29. The third kappa shape index (κ3) is 6.06. The molecule has 0 N–H and O–H groups in total. The summed E-state index contributed by atoms with van der Waals surface area (Å²) in [6, 6.07) is 23.2. The van der Waals surface area contributed by atoms with Gasteiger partial charge in [0, 0.05) is 28.2 Å². The molecule has 4 heteroatoms. The molecule has 0 atom stereocenters. The predicted molar refractivity (Wildman–Crippen MR) is 283 cm³/mol. The molecule has 0 bridgehead atoms. The van der Waals surface area contributed by atoms with Gasteiger partial charge >= 0.3 is 0 Å². The summed E-state index contributed by atoms with van der Waals surface area (Å²) in [5.74, 6) is 2.24. The summed E-state index contributed by atoms with van der Waals surface area (Å²) in [5, 5.41) is 0. The van der Waals surface area contributed by atoms with Crippen LogP contribution in [0.15, 0.2) is 59.0 Å². The zero-order valence-electron chi connectivity index (χ0n) is 44.2. The van der Waals surface area contributed by atoms with Crippen molar-refractivity contribution < 1.29 is 4.42 Å². The summed E-state index contributed by atoms with van der Waals surface area (Å²) in [4.78, 5) is 5.35. The van der Waals surface area contributed by atoms with Crippen molar-refractivity contribution in [3.05, 3.63) is 110 Å². The van der Waals surface area contributed by atoms with E-state index in [1.807, 2.05) is 0 Å². The first-order valence-corrected chi connectivity index (χ1v) is 25.9. The molecule has 0 amide bonds. The fourth-order valence-electron chi connectivity index (χ4n) is 14.2. The first-order chi connectivity index (χ1) is 30.5. The van der Waals surface area contributed by atoms with Gasteiger partial charge in [-0.3, -0.25) is 4.90 Å². The van der Waals surface area contributed by atoms with Gasteiger partial charge in [-0.05, 0) is 206 Å². The number of hydrogen-bond donors (Lipinski definition) is 0. The first kappa shape index (κ1) is 44.3. The molecule has 3 heterocycles. The Hall–Kier alpha value is -4.18. The van der Waals surface area contributed by atoms with Crippen LogP contribution in [-0.4, -0.2) is 6.71 Å². The second-order valence-electron chi connectivity index (χ2n) is 27.8. The number of aryl methyl sites for hydroxylation is 2.